The summed E-state index contributed by atoms with van der Waals surface area (Å²) < 4.78 is 1.71. The quantitative estimate of drug-likeness (QED) is 0.439. The lowest BCUT2D eigenvalue weighted by Crippen LogP contribution is -2.30. The number of carbonyl (C=O) groups is 1. The molecule has 2 heterocycles. The summed E-state index contributed by atoms with van der Waals surface area (Å²) >= 11 is 0. The minimum absolute atomic E-state index is 0.265. The number of likely N-dealkylation sites (tertiary alicyclic amines) is 1. The second kappa shape index (κ2) is 5.26. The van der Waals surface area contributed by atoms with Crippen LogP contribution in [0.1, 0.15) is 29.8 Å². The number of rotatable bonds is 4. The SMILES string of the molecule is NNC(=O)c1cn(CCN2CC3CCCC3C2)nn1. The predicted molar refractivity (Wildman–Crippen MR) is 68.9 cm³/mol. The van der Waals surface area contributed by atoms with E-state index in [9.17, 15) is 4.79 Å². The molecule has 1 aromatic heterocycles. The second-order valence-corrected chi connectivity index (χ2v) is 5.55. The molecule has 1 aliphatic heterocycles. The van der Waals surface area contributed by atoms with Crippen LogP contribution >= 0.6 is 0 Å². The van der Waals surface area contributed by atoms with Gasteiger partial charge in [0.1, 0.15) is 0 Å². The van der Waals surface area contributed by atoms with Crippen molar-refractivity contribution in [1.82, 2.24) is 25.3 Å². The van der Waals surface area contributed by atoms with Crippen molar-refractivity contribution in [2.45, 2.75) is 25.8 Å². The van der Waals surface area contributed by atoms with Crippen molar-refractivity contribution in [3.63, 3.8) is 0 Å². The van der Waals surface area contributed by atoms with Gasteiger partial charge >= 0.3 is 0 Å². The van der Waals surface area contributed by atoms with E-state index in [0.29, 0.717) is 0 Å². The van der Waals surface area contributed by atoms with Gasteiger partial charge in [0.2, 0.25) is 0 Å². The standard InChI is InChI=1S/C12H20N6O/c13-14-12(19)11-8-18(16-15-11)5-4-17-6-9-2-1-3-10(9)7-17/h8-10H,1-7,13H2,(H,14,19). The lowest BCUT2D eigenvalue weighted by atomic mass is 10.0. The summed E-state index contributed by atoms with van der Waals surface area (Å²) in [5, 5.41) is 7.73. The van der Waals surface area contributed by atoms with Crippen molar-refractivity contribution in [2.75, 3.05) is 19.6 Å². The van der Waals surface area contributed by atoms with Crippen LogP contribution in [0, 0.1) is 11.8 Å². The number of nitrogens with zero attached hydrogens (tertiary/aromatic N) is 4. The third-order valence-corrected chi connectivity index (χ3v) is 4.35. The topological polar surface area (TPSA) is 89.1 Å². The average Bonchev–Trinajstić information content (AvgIpc) is 3.10. The van der Waals surface area contributed by atoms with Crippen molar-refractivity contribution in [3.05, 3.63) is 11.9 Å². The molecule has 104 valence electrons. The normalized spacial score (nSPS) is 26.6. The zero-order valence-electron chi connectivity index (χ0n) is 11.0. The van der Waals surface area contributed by atoms with Crippen LogP contribution in [0.5, 0.6) is 0 Å². The molecule has 1 saturated carbocycles. The van der Waals surface area contributed by atoms with Crippen LogP contribution in [-0.2, 0) is 6.54 Å². The molecular weight excluding hydrogens is 244 g/mol. The van der Waals surface area contributed by atoms with Crippen molar-refractivity contribution in [2.24, 2.45) is 17.7 Å². The van der Waals surface area contributed by atoms with Crippen molar-refractivity contribution in [1.29, 1.82) is 0 Å². The third kappa shape index (κ3) is 2.62. The van der Waals surface area contributed by atoms with Gasteiger partial charge in [-0.15, -0.1) is 5.10 Å². The monoisotopic (exact) mass is 264 g/mol. The number of nitrogens with one attached hydrogen (secondary N) is 1. The van der Waals surface area contributed by atoms with Crippen LogP contribution < -0.4 is 11.3 Å². The van der Waals surface area contributed by atoms with Crippen LogP contribution in [0.25, 0.3) is 0 Å². The summed E-state index contributed by atoms with van der Waals surface area (Å²) in [6.45, 7) is 4.18. The first-order chi connectivity index (χ1) is 9.26. The molecule has 7 nitrogen and oxygen atoms in total. The molecule has 1 amide bonds. The van der Waals surface area contributed by atoms with Gasteiger partial charge in [-0.1, -0.05) is 11.6 Å². The number of carbonyl (C=O) groups excluding carboxylic acids is 1. The largest absolute Gasteiger partial charge is 0.301 e. The van der Waals surface area contributed by atoms with Gasteiger partial charge in [0.15, 0.2) is 5.69 Å². The van der Waals surface area contributed by atoms with Gasteiger partial charge in [0.05, 0.1) is 12.7 Å². The molecule has 0 aromatic carbocycles. The number of nitrogens with two attached hydrogens (primary N) is 1. The van der Waals surface area contributed by atoms with Gasteiger partial charge in [-0.05, 0) is 24.7 Å². The number of fused-ring (bicyclic) bond motifs is 1. The van der Waals surface area contributed by atoms with Crippen LogP contribution in [-0.4, -0.2) is 45.4 Å². The lowest BCUT2D eigenvalue weighted by Gasteiger charge is -2.16. The van der Waals surface area contributed by atoms with E-state index >= 15 is 0 Å². The lowest BCUT2D eigenvalue weighted by molar-refractivity contribution is 0.0948. The summed E-state index contributed by atoms with van der Waals surface area (Å²) in [7, 11) is 0. The number of aromatic nitrogens is 3. The van der Waals surface area contributed by atoms with Crippen molar-refractivity contribution >= 4 is 5.91 Å². The van der Waals surface area contributed by atoms with E-state index in [2.05, 4.69) is 20.6 Å². The Bertz CT molecular complexity index is 447. The Kier molecular flexibility index (Phi) is 3.48. The smallest absolute Gasteiger partial charge is 0.287 e. The highest BCUT2D eigenvalue weighted by Gasteiger charge is 2.35. The zero-order valence-corrected chi connectivity index (χ0v) is 11.0. The van der Waals surface area contributed by atoms with E-state index in [-0.39, 0.29) is 5.69 Å². The van der Waals surface area contributed by atoms with Gasteiger partial charge < -0.3 is 4.90 Å². The maximum atomic E-state index is 11.3. The Labute approximate surface area is 112 Å². The zero-order chi connectivity index (χ0) is 13.2. The summed E-state index contributed by atoms with van der Waals surface area (Å²) in [6.07, 6.45) is 5.83. The first-order valence-corrected chi connectivity index (χ1v) is 6.89. The molecule has 0 spiro atoms. The van der Waals surface area contributed by atoms with Crippen LogP contribution in [0.3, 0.4) is 0 Å². The molecule has 0 bridgehead atoms. The number of hydrogen-bond donors (Lipinski definition) is 2. The summed E-state index contributed by atoms with van der Waals surface area (Å²) in [4.78, 5) is 13.8. The van der Waals surface area contributed by atoms with Crippen molar-refractivity contribution in [3.8, 4) is 0 Å². The Balaban J connectivity index is 1.50. The van der Waals surface area contributed by atoms with Gasteiger partial charge in [-0.3, -0.25) is 14.9 Å². The van der Waals surface area contributed by atoms with Gasteiger partial charge in [0, 0.05) is 19.6 Å². The first kappa shape index (κ1) is 12.6. The molecule has 2 aliphatic rings. The minimum atomic E-state index is -0.401. The van der Waals surface area contributed by atoms with Gasteiger partial charge in [-0.2, -0.15) is 0 Å². The molecule has 2 fully saturated rings. The van der Waals surface area contributed by atoms with E-state index in [1.54, 1.807) is 10.9 Å². The maximum Gasteiger partial charge on any atom is 0.287 e. The van der Waals surface area contributed by atoms with Crippen LogP contribution in [0.15, 0.2) is 6.20 Å². The first-order valence-electron chi connectivity index (χ1n) is 6.89. The highest BCUT2D eigenvalue weighted by Crippen LogP contribution is 2.37. The molecule has 2 unspecified atom stereocenters. The molecule has 3 N–H and O–H groups in total. The van der Waals surface area contributed by atoms with Gasteiger partial charge in [-0.25, -0.2) is 5.84 Å². The van der Waals surface area contributed by atoms with E-state index in [0.717, 1.165) is 24.9 Å². The van der Waals surface area contributed by atoms with Crippen LogP contribution in [0.2, 0.25) is 0 Å². The Morgan fingerprint density at radius 1 is 1.37 bits per heavy atom. The predicted octanol–water partition coefficient (Wildman–Crippen LogP) is -0.387. The molecule has 2 atom stereocenters. The Morgan fingerprint density at radius 3 is 2.79 bits per heavy atom. The minimum Gasteiger partial charge on any atom is -0.301 e. The fourth-order valence-corrected chi connectivity index (χ4v) is 3.34. The second-order valence-electron chi connectivity index (χ2n) is 5.55. The van der Waals surface area contributed by atoms with Gasteiger partial charge in [0.25, 0.3) is 5.91 Å². The fourth-order valence-electron chi connectivity index (χ4n) is 3.34. The molecule has 1 saturated heterocycles. The summed E-state index contributed by atoms with van der Waals surface area (Å²) in [5.74, 6) is 6.48. The van der Waals surface area contributed by atoms with E-state index in [1.807, 2.05) is 0 Å². The van der Waals surface area contributed by atoms with Crippen LogP contribution in [0.4, 0.5) is 0 Å². The number of nitrogen functional groups attached to an aromatic ring is 1. The van der Waals surface area contributed by atoms with Crippen molar-refractivity contribution < 1.29 is 4.79 Å². The fraction of sp³-hybridized carbons (Fsp3) is 0.750. The number of hydrazine groups is 1. The molecular formula is C12H20N6O. The Morgan fingerprint density at radius 2 is 2.11 bits per heavy atom. The molecule has 1 aliphatic carbocycles. The maximum absolute atomic E-state index is 11.3. The molecule has 19 heavy (non-hydrogen) atoms. The number of amides is 1. The van der Waals surface area contributed by atoms with E-state index in [4.69, 9.17) is 5.84 Å². The van der Waals surface area contributed by atoms with E-state index < -0.39 is 5.91 Å². The highest BCUT2D eigenvalue weighted by atomic mass is 16.2. The molecule has 0 radical (unpaired) electrons. The summed E-state index contributed by atoms with van der Waals surface area (Å²) in [5.41, 5.74) is 2.32. The molecule has 3 rings (SSSR count). The third-order valence-electron chi connectivity index (χ3n) is 4.35. The molecule has 7 heteroatoms. The molecule has 1 aromatic rings. The van der Waals surface area contributed by atoms with E-state index in [1.165, 1.54) is 32.4 Å². The highest BCUT2D eigenvalue weighted by molar-refractivity contribution is 5.91. The summed E-state index contributed by atoms with van der Waals surface area (Å²) in [6, 6.07) is 0. The Hall–Kier alpha value is -1.47. The average molecular weight is 264 g/mol. The number of hydrogen-bond acceptors (Lipinski definition) is 5.